The molecule has 1 fully saturated rings. The maximum atomic E-state index is 6.00. The lowest BCUT2D eigenvalue weighted by Gasteiger charge is -2.35. The predicted octanol–water partition coefficient (Wildman–Crippen LogP) is 3.03. The van der Waals surface area contributed by atoms with E-state index in [-0.39, 0.29) is 0 Å². The fourth-order valence-electron chi connectivity index (χ4n) is 2.48. The van der Waals surface area contributed by atoms with Crippen LogP contribution in [-0.2, 0) is 0 Å². The number of rotatable bonds is 2. The van der Waals surface area contributed by atoms with Crippen LogP contribution in [-0.4, -0.2) is 34.0 Å². The van der Waals surface area contributed by atoms with Crippen LogP contribution in [0.2, 0.25) is 5.15 Å². The first-order valence-electron chi connectivity index (χ1n) is 6.31. The van der Waals surface area contributed by atoms with Crippen molar-refractivity contribution in [3.63, 3.8) is 0 Å². The Labute approximate surface area is 108 Å². The van der Waals surface area contributed by atoms with Gasteiger partial charge < -0.3 is 4.90 Å². The first kappa shape index (κ1) is 12.8. The molecular weight excluding hydrogens is 234 g/mol. The molecule has 1 atom stereocenters. The third kappa shape index (κ3) is 3.17. The van der Waals surface area contributed by atoms with Crippen molar-refractivity contribution in [1.82, 2.24) is 14.9 Å². The van der Waals surface area contributed by atoms with Gasteiger partial charge in [-0.25, -0.2) is 9.97 Å². The molecule has 3 nitrogen and oxygen atoms in total. The summed E-state index contributed by atoms with van der Waals surface area (Å²) in [5.74, 6) is 1.28. The first-order valence-corrected chi connectivity index (χ1v) is 6.69. The van der Waals surface area contributed by atoms with Crippen LogP contribution in [0.5, 0.6) is 0 Å². The summed E-state index contributed by atoms with van der Waals surface area (Å²) in [5.41, 5.74) is 1.10. The van der Waals surface area contributed by atoms with Crippen molar-refractivity contribution in [3.05, 3.63) is 22.7 Å². The lowest BCUT2D eigenvalue weighted by molar-refractivity contribution is 0.166. The van der Waals surface area contributed by atoms with Crippen molar-refractivity contribution in [2.45, 2.75) is 45.6 Å². The minimum Gasteiger partial charge on any atom is -0.300 e. The molecule has 1 aliphatic heterocycles. The molecule has 0 amide bonds. The van der Waals surface area contributed by atoms with E-state index in [2.05, 4.69) is 28.7 Å². The number of aromatic nitrogens is 2. The maximum absolute atomic E-state index is 6.00. The first-order chi connectivity index (χ1) is 8.06. The minimum atomic E-state index is 0.505. The Kier molecular flexibility index (Phi) is 4.00. The summed E-state index contributed by atoms with van der Waals surface area (Å²) in [6.07, 6.45) is 2.44. The Hall–Kier alpha value is -0.670. The van der Waals surface area contributed by atoms with Crippen molar-refractivity contribution < 1.29 is 0 Å². The second-order valence-corrected chi connectivity index (χ2v) is 5.48. The Bertz CT molecular complexity index is 372. The van der Waals surface area contributed by atoms with Crippen LogP contribution in [0.3, 0.4) is 0 Å². The summed E-state index contributed by atoms with van der Waals surface area (Å²) < 4.78 is 0. The zero-order valence-corrected chi connectivity index (χ0v) is 11.5. The third-order valence-corrected chi connectivity index (χ3v) is 3.62. The van der Waals surface area contributed by atoms with Gasteiger partial charge in [-0.1, -0.05) is 11.6 Å². The van der Waals surface area contributed by atoms with E-state index in [1.54, 1.807) is 0 Å². The van der Waals surface area contributed by atoms with Gasteiger partial charge in [-0.05, 0) is 46.2 Å². The minimum absolute atomic E-state index is 0.505. The second-order valence-electron chi connectivity index (χ2n) is 5.09. The van der Waals surface area contributed by atoms with Gasteiger partial charge in [0.15, 0.2) is 0 Å². The molecule has 0 aliphatic carbocycles. The highest BCUT2D eigenvalue weighted by molar-refractivity contribution is 6.29. The van der Waals surface area contributed by atoms with Crippen molar-refractivity contribution >= 4 is 11.6 Å². The number of piperidine rings is 1. The van der Waals surface area contributed by atoms with Crippen LogP contribution in [0.4, 0.5) is 0 Å². The summed E-state index contributed by atoms with van der Waals surface area (Å²) >= 11 is 6.00. The van der Waals surface area contributed by atoms with Gasteiger partial charge in [0.05, 0.1) is 0 Å². The predicted molar refractivity (Wildman–Crippen MR) is 70.5 cm³/mol. The highest BCUT2D eigenvalue weighted by atomic mass is 35.5. The number of aryl methyl sites for hydroxylation is 1. The number of halogens is 1. The quantitative estimate of drug-likeness (QED) is 0.759. The number of hydrogen-bond donors (Lipinski definition) is 0. The number of likely N-dealkylation sites (tertiary alicyclic amines) is 1. The monoisotopic (exact) mass is 253 g/mol. The number of hydrogen-bond acceptors (Lipinski definition) is 3. The van der Waals surface area contributed by atoms with Crippen molar-refractivity contribution in [1.29, 1.82) is 0 Å². The summed E-state index contributed by atoms with van der Waals surface area (Å²) in [4.78, 5) is 11.2. The normalized spacial score (nSPS) is 22.1. The highest BCUT2D eigenvalue weighted by Crippen LogP contribution is 2.27. The summed E-state index contributed by atoms with van der Waals surface area (Å²) in [7, 11) is 0. The van der Waals surface area contributed by atoms with E-state index in [1.165, 1.54) is 19.4 Å². The van der Waals surface area contributed by atoms with Gasteiger partial charge in [0.1, 0.15) is 11.0 Å². The summed E-state index contributed by atoms with van der Waals surface area (Å²) in [6.45, 7) is 8.69. The van der Waals surface area contributed by atoms with Crippen LogP contribution in [0.25, 0.3) is 0 Å². The van der Waals surface area contributed by atoms with Gasteiger partial charge in [-0.15, -0.1) is 0 Å². The summed E-state index contributed by atoms with van der Waals surface area (Å²) in [5, 5.41) is 0.564. The smallest absolute Gasteiger partial charge is 0.133 e. The Balaban J connectivity index is 2.16. The fourth-order valence-corrected chi connectivity index (χ4v) is 2.71. The molecule has 1 aromatic heterocycles. The molecule has 0 saturated carbocycles. The van der Waals surface area contributed by atoms with E-state index in [4.69, 9.17) is 11.6 Å². The average Bonchev–Trinajstić information content (AvgIpc) is 2.28. The van der Waals surface area contributed by atoms with Gasteiger partial charge in [-0.3, -0.25) is 0 Å². The van der Waals surface area contributed by atoms with Gasteiger partial charge in [0, 0.05) is 24.2 Å². The Morgan fingerprint density at radius 2 is 2.18 bits per heavy atom. The molecule has 17 heavy (non-hydrogen) atoms. The average molecular weight is 254 g/mol. The molecule has 2 rings (SSSR count). The van der Waals surface area contributed by atoms with Gasteiger partial charge in [0.25, 0.3) is 0 Å². The van der Waals surface area contributed by atoms with E-state index in [9.17, 15) is 0 Å². The van der Waals surface area contributed by atoms with Crippen LogP contribution in [0.15, 0.2) is 6.07 Å². The van der Waals surface area contributed by atoms with Crippen LogP contribution >= 0.6 is 11.6 Å². The summed E-state index contributed by atoms with van der Waals surface area (Å²) in [6, 6.07) is 2.53. The lowest BCUT2D eigenvalue weighted by atomic mass is 9.94. The van der Waals surface area contributed by atoms with E-state index >= 15 is 0 Å². The van der Waals surface area contributed by atoms with E-state index in [0.717, 1.165) is 18.1 Å². The topological polar surface area (TPSA) is 29.0 Å². The van der Waals surface area contributed by atoms with Crippen LogP contribution < -0.4 is 0 Å². The molecule has 0 N–H and O–H groups in total. The molecule has 0 radical (unpaired) electrons. The maximum Gasteiger partial charge on any atom is 0.133 e. The van der Waals surface area contributed by atoms with Crippen LogP contribution in [0.1, 0.15) is 44.1 Å². The van der Waals surface area contributed by atoms with Gasteiger partial charge >= 0.3 is 0 Å². The largest absolute Gasteiger partial charge is 0.300 e. The zero-order valence-electron chi connectivity index (χ0n) is 10.8. The highest BCUT2D eigenvalue weighted by Gasteiger charge is 2.24. The molecule has 0 unspecified atom stereocenters. The molecule has 1 aliphatic rings. The molecule has 1 aromatic rings. The Morgan fingerprint density at radius 3 is 2.82 bits per heavy atom. The van der Waals surface area contributed by atoms with Crippen molar-refractivity contribution in [2.24, 2.45) is 0 Å². The molecule has 0 bridgehead atoms. The molecule has 2 heterocycles. The molecular formula is C13H20ClN3. The second kappa shape index (κ2) is 5.32. The van der Waals surface area contributed by atoms with Crippen LogP contribution in [0, 0.1) is 6.92 Å². The standard InChI is InChI=1S/C13H20ClN3/c1-9(2)17-6-4-5-11(8-17)12-7-13(14)16-10(3)15-12/h7,9,11H,4-6,8H2,1-3H3/t11-/m1/s1. The fraction of sp³-hybridized carbons (Fsp3) is 0.692. The molecule has 0 aromatic carbocycles. The third-order valence-electron chi connectivity index (χ3n) is 3.43. The number of nitrogens with zero attached hydrogens (tertiary/aromatic N) is 3. The zero-order chi connectivity index (χ0) is 12.4. The van der Waals surface area contributed by atoms with Gasteiger partial charge in [0.2, 0.25) is 0 Å². The Morgan fingerprint density at radius 1 is 1.41 bits per heavy atom. The van der Waals surface area contributed by atoms with Crippen molar-refractivity contribution in [3.8, 4) is 0 Å². The molecule has 1 saturated heterocycles. The molecule has 94 valence electrons. The lowest BCUT2D eigenvalue weighted by Crippen LogP contribution is -2.39. The van der Waals surface area contributed by atoms with E-state index < -0.39 is 0 Å². The van der Waals surface area contributed by atoms with Gasteiger partial charge in [-0.2, -0.15) is 0 Å². The molecule has 4 heteroatoms. The molecule has 0 spiro atoms. The van der Waals surface area contributed by atoms with E-state index in [1.807, 2.05) is 13.0 Å². The van der Waals surface area contributed by atoms with E-state index in [0.29, 0.717) is 17.1 Å². The SMILES string of the molecule is Cc1nc(Cl)cc([C@@H]2CCCN(C(C)C)C2)n1. The van der Waals surface area contributed by atoms with Crippen molar-refractivity contribution in [2.75, 3.05) is 13.1 Å².